The lowest BCUT2D eigenvalue weighted by Gasteiger charge is -2.34. The van der Waals surface area contributed by atoms with Gasteiger partial charge in [-0.3, -0.25) is 4.79 Å². The van der Waals surface area contributed by atoms with Crippen LogP contribution in [-0.4, -0.2) is 46.4 Å². The van der Waals surface area contributed by atoms with Crippen LogP contribution < -0.4 is 9.80 Å². The summed E-state index contributed by atoms with van der Waals surface area (Å²) < 4.78 is 26.8. The Hall–Kier alpha value is -2.51. The monoisotopic (exact) mass is 459 g/mol. The molecule has 0 aromatic heterocycles. The molecule has 1 amide bonds. The van der Waals surface area contributed by atoms with Gasteiger partial charge < -0.3 is 14.7 Å². The minimum absolute atomic E-state index is 0.0878. The molecule has 8 heteroatoms. The highest BCUT2D eigenvalue weighted by Crippen LogP contribution is 2.41. The Morgan fingerprint density at radius 2 is 1.71 bits per heavy atom. The molecule has 2 aromatic rings. The number of anilines is 3. The maximum Gasteiger partial charge on any atom is 0.267 e. The van der Waals surface area contributed by atoms with Gasteiger partial charge in [-0.2, -0.15) is 0 Å². The van der Waals surface area contributed by atoms with Gasteiger partial charge in [0.2, 0.25) is 9.84 Å². The molecule has 2 aromatic carbocycles. The van der Waals surface area contributed by atoms with Gasteiger partial charge in [0.15, 0.2) is 4.91 Å². The maximum absolute atomic E-state index is 13.4. The van der Waals surface area contributed by atoms with Crippen molar-refractivity contribution in [2.45, 2.75) is 24.7 Å². The molecule has 0 atom stereocenters. The average molecular weight is 460 g/mol. The summed E-state index contributed by atoms with van der Waals surface area (Å²) in [5.41, 5.74) is 2.21. The number of hydrogen-bond acceptors (Lipinski definition) is 5. The van der Waals surface area contributed by atoms with Crippen molar-refractivity contribution in [2.75, 3.05) is 37.0 Å². The van der Waals surface area contributed by atoms with Gasteiger partial charge in [-0.05, 0) is 61.2 Å². The fraction of sp³-hybridized carbons (Fsp3) is 0.348. The van der Waals surface area contributed by atoms with Crippen molar-refractivity contribution in [3.05, 3.63) is 58.6 Å². The number of rotatable bonds is 3. The molecule has 2 aliphatic heterocycles. The predicted octanol–water partition coefficient (Wildman–Crippen LogP) is 4.43. The van der Waals surface area contributed by atoms with Crippen LogP contribution in [0.15, 0.2) is 58.5 Å². The highest BCUT2D eigenvalue weighted by atomic mass is 35.5. The van der Waals surface area contributed by atoms with Crippen LogP contribution in [0.5, 0.6) is 0 Å². The molecule has 0 aliphatic carbocycles. The van der Waals surface area contributed by atoms with Crippen molar-refractivity contribution in [1.82, 2.24) is 4.90 Å². The molecule has 6 nitrogen and oxygen atoms in total. The first kappa shape index (κ1) is 21.7. The first-order valence-corrected chi connectivity index (χ1v) is 12.2. The molecule has 0 N–H and O–H groups in total. The number of benzene rings is 2. The zero-order valence-electron chi connectivity index (χ0n) is 17.9. The number of likely N-dealkylation sites (tertiary alicyclic amines) is 1. The minimum Gasteiger partial charge on any atom is -0.378 e. The third-order valence-corrected chi connectivity index (χ3v) is 7.95. The van der Waals surface area contributed by atoms with E-state index in [2.05, 4.69) is 6.92 Å². The zero-order chi connectivity index (χ0) is 22.3. The lowest BCUT2D eigenvalue weighted by molar-refractivity contribution is -0.127. The third kappa shape index (κ3) is 4.04. The van der Waals surface area contributed by atoms with Crippen molar-refractivity contribution < 1.29 is 13.2 Å². The van der Waals surface area contributed by atoms with Gasteiger partial charge in [0.25, 0.3) is 5.91 Å². The Bertz CT molecular complexity index is 1140. The fourth-order valence-electron chi connectivity index (χ4n) is 3.94. The summed E-state index contributed by atoms with van der Waals surface area (Å²) in [5, 5.41) is 0.428. The fourth-order valence-corrected chi connectivity index (χ4v) is 5.63. The van der Waals surface area contributed by atoms with Gasteiger partial charge in [-0.15, -0.1) is 0 Å². The van der Waals surface area contributed by atoms with Crippen LogP contribution in [0.4, 0.5) is 17.1 Å². The number of amides is 1. The Morgan fingerprint density at radius 3 is 2.32 bits per heavy atom. The van der Waals surface area contributed by atoms with Crippen LogP contribution in [0.1, 0.15) is 19.8 Å². The quantitative estimate of drug-likeness (QED) is 0.679. The van der Waals surface area contributed by atoms with Crippen molar-refractivity contribution in [2.24, 2.45) is 5.92 Å². The van der Waals surface area contributed by atoms with Gasteiger partial charge in [-0.1, -0.05) is 18.5 Å². The normalized spacial score (nSPS) is 18.4. The molecule has 0 spiro atoms. The van der Waals surface area contributed by atoms with Gasteiger partial charge in [-0.25, -0.2) is 8.42 Å². The summed E-state index contributed by atoms with van der Waals surface area (Å²) >= 11 is 6.20. The van der Waals surface area contributed by atoms with E-state index in [9.17, 15) is 13.2 Å². The smallest absolute Gasteiger partial charge is 0.267 e. The molecule has 4 rings (SSSR count). The molecule has 1 fully saturated rings. The van der Waals surface area contributed by atoms with Crippen molar-refractivity contribution in [3.63, 3.8) is 0 Å². The molecular formula is C23H26ClN3O3S. The van der Waals surface area contributed by atoms with Crippen LogP contribution in [0.3, 0.4) is 0 Å². The number of fused-ring (bicyclic) bond motifs is 1. The number of hydrogen-bond donors (Lipinski definition) is 0. The summed E-state index contributed by atoms with van der Waals surface area (Å²) in [6.45, 7) is 3.29. The van der Waals surface area contributed by atoms with Crippen molar-refractivity contribution >= 4 is 44.4 Å². The molecule has 2 heterocycles. The summed E-state index contributed by atoms with van der Waals surface area (Å²) in [7, 11) is -0.0587. The van der Waals surface area contributed by atoms with E-state index in [0.29, 0.717) is 29.7 Å². The standard InChI is InChI=1S/C23H26ClN3O3S/c1-16-10-12-26(13-11-16)23(28)22-15-27(19-7-5-18(6-8-19)25(2)3)20-14-17(24)4-9-21(20)31(22,29)30/h4-9,14-16H,10-13H2,1-3H3. The van der Waals surface area contributed by atoms with E-state index in [1.165, 1.54) is 12.3 Å². The number of halogens is 1. The lowest BCUT2D eigenvalue weighted by atomic mass is 9.99. The molecule has 0 radical (unpaired) electrons. The van der Waals surface area contributed by atoms with Gasteiger partial charge in [0.1, 0.15) is 0 Å². The summed E-state index contributed by atoms with van der Waals surface area (Å²) in [6.07, 6.45) is 3.20. The minimum atomic E-state index is -3.96. The Balaban J connectivity index is 1.81. The average Bonchev–Trinajstić information content (AvgIpc) is 2.74. The largest absolute Gasteiger partial charge is 0.378 e. The molecule has 2 aliphatic rings. The summed E-state index contributed by atoms with van der Waals surface area (Å²) in [5.74, 6) is 0.0954. The molecule has 0 bridgehead atoms. The zero-order valence-corrected chi connectivity index (χ0v) is 19.4. The Labute approximate surface area is 188 Å². The van der Waals surface area contributed by atoms with E-state index in [0.717, 1.165) is 24.2 Å². The van der Waals surface area contributed by atoms with E-state index in [4.69, 9.17) is 11.6 Å². The van der Waals surface area contributed by atoms with E-state index in [-0.39, 0.29) is 9.80 Å². The number of sulfone groups is 1. The SMILES string of the molecule is CC1CCN(C(=O)C2=CN(c3ccc(N(C)C)cc3)c3cc(Cl)ccc3S2(=O)=O)CC1. The van der Waals surface area contributed by atoms with Crippen molar-refractivity contribution in [3.8, 4) is 0 Å². The van der Waals surface area contributed by atoms with E-state index >= 15 is 0 Å². The van der Waals surface area contributed by atoms with E-state index in [1.54, 1.807) is 21.9 Å². The van der Waals surface area contributed by atoms with Crippen LogP contribution in [-0.2, 0) is 14.6 Å². The number of piperidine rings is 1. The third-order valence-electron chi connectivity index (χ3n) is 5.93. The molecule has 0 unspecified atom stereocenters. The second-order valence-corrected chi connectivity index (χ2v) is 10.7. The van der Waals surface area contributed by atoms with Crippen molar-refractivity contribution in [1.29, 1.82) is 0 Å². The van der Waals surface area contributed by atoms with Gasteiger partial charge >= 0.3 is 0 Å². The predicted molar refractivity (Wildman–Crippen MR) is 125 cm³/mol. The summed E-state index contributed by atoms with van der Waals surface area (Å²) in [4.78, 5) is 18.6. The number of carbonyl (C=O) groups excluding carboxylic acids is 1. The Kier molecular flexibility index (Phi) is 5.75. The molecule has 164 valence electrons. The first-order valence-electron chi connectivity index (χ1n) is 10.3. The second kappa shape index (κ2) is 8.20. The van der Waals surface area contributed by atoms with Gasteiger partial charge in [0, 0.05) is 49.8 Å². The molecule has 1 saturated heterocycles. The number of carbonyl (C=O) groups is 1. The topological polar surface area (TPSA) is 60.9 Å². The van der Waals surface area contributed by atoms with Crippen LogP contribution in [0, 0.1) is 5.92 Å². The van der Waals surface area contributed by atoms with Crippen LogP contribution in [0.2, 0.25) is 5.02 Å². The summed E-state index contributed by atoms with van der Waals surface area (Å²) in [6, 6.07) is 12.3. The first-order chi connectivity index (χ1) is 14.7. The van der Waals surface area contributed by atoms with Crippen LogP contribution >= 0.6 is 11.6 Å². The number of nitrogens with zero attached hydrogens (tertiary/aromatic N) is 3. The van der Waals surface area contributed by atoms with E-state index < -0.39 is 15.7 Å². The molecular weight excluding hydrogens is 434 g/mol. The highest BCUT2D eigenvalue weighted by Gasteiger charge is 2.38. The van der Waals surface area contributed by atoms with E-state index in [1.807, 2.05) is 43.3 Å². The van der Waals surface area contributed by atoms with Crippen LogP contribution in [0.25, 0.3) is 0 Å². The second-order valence-electron chi connectivity index (χ2n) is 8.36. The maximum atomic E-state index is 13.4. The van der Waals surface area contributed by atoms with Gasteiger partial charge in [0.05, 0.1) is 10.6 Å². The molecule has 0 saturated carbocycles. The lowest BCUT2D eigenvalue weighted by Crippen LogP contribution is -2.41. The Morgan fingerprint density at radius 1 is 1.06 bits per heavy atom. The highest BCUT2D eigenvalue weighted by molar-refractivity contribution is 7.96. The molecule has 31 heavy (non-hydrogen) atoms.